The van der Waals surface area contributed by atoms with Gasteiger partial charge in [-0.25, -0.2) is 0 Å². The van der Waals surface area contributed by atoms with Gasteiger partial charge in [-0.1, -0.05) is 27.4 Å². The second-order valence-corrected chi connectivity index (χ2v) is 3.33. The first-order chi connectivity index (χ1) is 3.52. The van der Waals surface area contributed by atoms with Crippen LogP contribution < -0.4 is 0 Å². The average molecular weight is 112 g/mol. The zero-order valence-corrected chi connectivity index (χ0v) is 5.69. The van der Waals surface area contributed by atoms with Gasteiger partial charge in [-0.05, 0) is 0 Å². The van der Waals surface area contributed by atoms with E-state index in [1.54, 1.807) is 0 Å². The molecule has 46 valence electrons. The van der Waals surface area contributed by atoms with Gasteiger partial charge in [0.15, 0.2) is 6.10 Å². The molecule has 0 aromatic rings. The lowest BCUT2D eigenvalue weighted by atomic mass is 9.92. The Kier molecular flexibility index (Phi) is 0.905. The van der Waals surface area contributed by atoms with Gasteiger partial charge in [-0.2, -0.15) is 0 Å². The number of rotatable bonds is 0. The predicted molar refractivity (Wildman–Crippen MR) is 33.5 cm³/mol. The van der Waals surface area contributed by atoms with Crippen molar-refractivity contribution in [2.45, 2.75) is 26.9 Å². The number of ether oxygens (including phenoxy) is 1. The molecule has 1 nitrogen and oxygen atoms in total. The van der Waals surface area contributed by atoms with Gasteiger partial charge >= 0.3 is 0 Å². The fourth-order valence-corrected chi connectivity index (χ4v) is 0.777. The van der Waals surface area contributed by atoms with Crippen LogP contribution in [0.1, 0.15) is 20.8 Å². The molecule has 1 heteroatoms. The van der Waals surface area contributed by atoms with Gasteiger partial charge in [0.05, 0.1) is 0 Å². The van der Waals surface area contributed by atoms with Gasteiger partial charge < -0.3 is 4.74 Å². The molecule has 1 saturated heterocycles. The first-order valence-corrected chi connectivity index (χ1v) is 2.87. The number of hydrogen-bond donors (Lipinski definition) is 0. The van der Waals surface area contributed by atoms with Gasteiger partial charge in [0.25, 0.3) is 0 Å². The van der Waals surface area contributed by atoms with Crippen LogP contribution in [-0.4, -0.2) is 6.10 Å². The summed E-state index contributed by atoms with van der Waals surface area (Å²) in [7, 11) is 0. The van der Waals surface area contributed by atoms with Crippen LogP contribution in [0.4, 0.5) is 0 Å². The van der Waals surface area contributed by atoms with Crippen molar-refractivity contribution in [3.8, 4) is 0 Å². The number of hydrogen-bond acceptors (Lipinski definition) is 1. The Balaban J connectivity index is 2.51. The average Bonchev–Trinajstić information content (AvgIpc) is 2.13. The van der Waals surface area contributed by atoms with Crippen molar-refractivity contribution in [1.82, 2.24) is 0 Å². The van der Waals surface area contributed by atoms with Crippen molar-refractivity contribution < 1.29 is 4.74 Å². The smallest absolute Gasteiger partial charge is 0.159 e. The molecular weight excluding hydrogens is 100 g/mol. The van der Waals surface area contributed by atoms with Crippen LogP contribution in [0.25, 0.3) is 0 Å². The highest BCUT2D eigenvalue weighted by molar-refractivity contribution is 5.12. The Hall–Kier alpha value is -0.460. The van der Waals surface area contributed by atoms with Crippen LogP contribution in [0, 0.1) is 5.41 Å². The lowest BCUT2D eigenvalue weighted by molar-refractivity contribution is 0.268. The quantitative estimate of drug-likeness (QED) is 0.436. The second-order valence-electron chi connectivity index (χ2n) is 3.33. The third kappa shape index (κ3) is 0.857. The zero-order chi connectivity index (χ0) is 6.36. The van der Waals surface area contributed by atoms with Crippen LogP contribution in [0.3, 0.4) is 0 Å². The Labute approximate surface area is 50.3 Å². The SMILES string of the molecule is C=C1O[C@H]1C(C)(C)C. The maximum Gasteiger partial charge on any atom is 0.159 e. The molecule has 0 bridgehead atoms. The lowest BCUT2D eigenvalue weighted by Crippen LogP contribution is -2.12. The van der Waals surface area contributed by atoms with E-state index in [1.165, 1.54) is 0 Å². The third-order valence-electron chi connectivity index (χ3n) is 1.29. The fourth-order valence-electron chi connectivity index (χ4n) is 0.777. The molecule has 0 aromatic carbocycles. The van der Waals surface area contributed by atoms with Crippen LogP contribution >= 0.6 is 0 Å². The topological polar surface area (TPSA) is 12.5 Å². The van der Waals surface area contributed by atoms with Crippen molar-refractivity contribution in [2.24, 2.45) is 5.41 Å². The van der Waals surface area contributed by atoms with Crippen molar-refractivity contribution in [3.05, 3.63) is 12.3 Å². The Morgan fingerprint density at radius 2 is 1.88 bits per heavy atom. The van der Waals surface area contributed by atoms with E-state index in [0.29, 0.717) is 6.10 Å². The van der Waals surface area contributed by atoms with Gasteiger partial charge in [-0.3, -0.25) is 0 Å². The van der Waals surface area contributed by atoms with Crippen LogP contribution in [0.2, 0.25) is 0 Å². The molecule has 0 aromatic heterocycles. The molecule has 0 amide bonds. The Morgan fingerprint density at radius 3 is 1.88 bits per heavy atom. The second kappa shape index (κ2) is 1.28. The fraction of sp³-hybridized carbons (Fsp3) is 0.714. The molecule has 8 heavy (non-hydrogen) atoms. The van der Waals surface area contributed by atoms with Crippen LogP contribution in [-0.2, 0) is 4.74 Å². The van der Waals surface area contributed by atoms with Crippen molar-refractivity contribution in [3.63, 3.8) is 0 Å². The summed E-state index contributed by atoms with van der Waals surface area (Å²) in [6.07, 6.45) is 0.322. The number of epoxide rings is 1. The molecule has 1 rings (SSSR count). The van der Waals surface area contributed by atoms with Crippen LogP contribution in [0.15, 0.2) is 12.3 Å². The summed E-state index contributed by atoms with van der Waals surface area (Å²) in [6, 6.07) is 0. The highest BCUT2D eigenvalue weighted by Gasteiger charge is 2.41. The summed E-state index contributed by atoms with van der Waals surface area (Å²) in [6.45, 7) is 10.1. The standard InChI is InChI=1S/C7H12O/c1-5-6(8-5)7(2,3)4/h6H,1H2,2-4H3/t6-/m1/s1. The Morgan fingerprint density at radius 1 is 1.50 bits per heavy atom. The molecule has 1 aliphatic heterocycles. The third-order valence-corrected chi connectivity index (χ3v) is 1.29. The summed E-state index contributed by atoms with van der Waals surface area (Å²) < 4.78 is 5.09. The molecule has 0 aliphatic carbocycles. The molecule has 0 unspecified atom stereocenters. The van der Waals surface area contributed by atoms with Crippen molar-refractivity contribution >= 4 is 0 Å². The zero-order valence-electron chi connectivity index (χ0n) is 5.69. The van der Waals surface area contributed by atoms with Gasteiger partial charge in [0, 0.05) is 5.41 Å². The normalized spacial score (nSPS) is 27.4. The van der Waals surface area contributed by atoms with E-state index in [9.17, 15) is 0 Å². The maximum atomic E-state index is 5.09. The highest BCUT2D eigenvalue weighted by atomic mass is 16.6. The van der Waals surface area contributed by atoms with E-state index in [4.69, 9.17) is 4.74 Å². The van der Waals surface area contributed by atoms with E-state index in [0.717, 1.165) is 5.76 Å². The monoisotopic (exact) mass is 112 g/mol. The lowest BCUT2D eigenvalue weighted by Gasteiger charge is -2.10. The summed E-state index contributed by atoms with van der Waals surface area (Å²) in [5, 5.41) is 0. The molecule has 1 fully saturated rings. The summed E-state index contributed by atoms with van der Waals surface area (Å²) >= 11 is 0. The van der Waals surface area contributed by atoms with E-state index in [1.807, 2.05) is 0 Å². The Bertz CT molecular complexity index is 119. The molecule has 0 N–H and O–H groups in total. The van der Waals surface area contributed by atoms with E-state index < -0.39 is 0 Å². The van der Waals surface area contributed by atoms with E-state index in [2.05, 4.69) is 27.4 Å². The first kappa shape index (κ1) is 5.67. The van der Waals surface area contributed by atoms with Gasteiger partial charge in [-0.15, -0.1) is 0 Å². The largest absolute Gasteiger partial charge is 0.483 e. The first-order valence-electron chi connectivity index (χ1n) is 2.87. The summed E-state index contributed by atoms with van der Waals surface area (Å²) in [5.41, 5.74) is 0.261. The molecule has 0 radical (unpaired) electrons. The minimum Gasteiger partial charge on any atom is -0.483 e. The summed E-state index contributed by atoms with van der Waals surface area (Å²) in [5.74, 6) is 0.942. The summed E-state index contributed by atoms with van der Waals surface area (Å²) in [4.78, 5) is 0. The van der Waals surface area contributed by atoms with E-state index >= 15 is 0 Å². The molecule has 1 atom stereocenters. The molecule has 1 aliphatic rings. The molecule has 0 saturated carbocycles. The van der Waals surface area contributed by atoms with Crippen molar-refractivity contribution in [2.75, 3.05) is 0 Å². The molecular formula is C7H12O. The van der Waals surface area contributed by atoms with Gasteiger partial charge in [0.1, 0.15) is 5.76 Å². The predicted octanol–water partition coefficient (Wildman–Crippen LogP) is 1.95. The highest BCUT2D eigenvalue weighted by Crippen LogP contribution is 2.39. The maximum absolute atomic E-state index is 5.09. The minimum absolute atomic E-state index is 0.261. The van der Waals surface area contributed by atoms with Gasteiger partial charge in [0.2, 0.25) is 0 Å². The minimum atomic E-state index is 0.261. The molecule has 1 heterocycles. The van der Waals surface area contributed by atoms with E-state index in [-0.39, 0.29) is 5.41 Å². The van der Waals surface area contributed by atoms with Crippen molar-refractivity contribution in [1.29, 1.82) is 0 Å². The molecule has 0 spiro atoms. The van der Waals surface area contributed by atoms with Crippen LogP contribution in [0.5, 0.6) is 0 Å².